The molecule has 1 aromatic carbocycles. The average Bonchev–Trinajstić information content (AvgIpc) is 2.38. The van der Waals surface area contributed by atoms with E-state index in [0.29, 0.717) is 4.31 Å². The normalized spacial score (nSPS) is 10.9. The van der Waals surface area contributed by atoms with E-state index in [4.69, 9.17) is 4.74 Å². The van der Waals surface area contributed by atoms with Crippen molar-refractivity contribution in [2.75, 3.05) is 18.5 Å². The molecule has 1 rings (SSSR count). The third-order valence-corrected chi connectivity index (χ3v) is 4.67. The Kier molecular flexibility index (Phi) is 5.92. The number of rotatable bonds is 5. The molecule has 0 spiro atoms. The van der Waals surface area contributed by atoms with Crippen molar-refractivity contribution in [3.05, 3.63) is 23.8 Å². The van der Waals surface area contributed by atoms with Gasteiger partial charge in [0.25, 0.3) is 10.0 Å². The van der Waals surface area contributed by atoms with Gasteiger partial charge in [-0.2, -0.15) is 0 Å². The summed E-state index contributed by atoms with van der Waals surface area (Å²) >= 11 is 0. The lowest BCUT2D eigenvalue weighted by atomic mass is 10.2. The first-order valence-electron chi connectivity index (χ1n) is 6.81. The van der Waals surface area contributed by atoms with E-state index < -0.39 is 22.0 Å². The molecule has 22 heavy (non-hydrogen) atoms. The highest BCUT2D eigenvalue weighted by atomic mass is 32.2. The van der Waals surface area contributed by atoms with Crippen molar-refractivity contribution in [3.8, 4) is 0 Å². The molecule has 0 bridgehead atoms. The van der Waals surface area contributed by atoms with Crippen molar-refractivity contribution in [3.63, 3.8) is 0 Å². The topological polar surface area (TPSA) is 92.8 Å². The number of carbonyl (C=O) groups excluding carboxylic acids is 2. The second kappa shape index (κ2) is 7.26. The van der Waals surface area contributed by atoms with Crippen molar-refractivity contribution >= 4 is 27.7 Å². The first-order valence-corrected chi connectivity index (χ1v) is 8.25. The van der Waals surface area contributed by atoms with Crippen LogP contribution in [0.1, 0.15) is 26.3 Å². The minimum atomic E-state index is -4.12. The quantitative estimate of drug-likeness (QED) is 0.893. The van der Waals surface area contributed by atoms with Gasteiger partial charge in [0, 0.05) is 13.5 Å². The molecular formula is C14H20N2O5S. The molecule has 0 saturated carbocycles. The highest BCUT2D eigenvalue weighted by Gasteiger charge is 2.31. The van der Waals surface area contributed by atoms with E-state index in [2.05, 4.69) is 5.32 Å². The Morgan fingerprint density at radius 3 is 2.41 bits per heavy atom. The largest absolute Gasteiger partial charge is 0.449 e. The molecule has 2 amide bonds. The van der Waals surface area contributed by atoms with E-state index in [0.717, 1.165) is 5.56 Å². The van der Waals surface area contributed by atoms with E-state index in [1.165, 1.54) is 26.0 Å². The lowest BCUT2D eigenvalue weighted by molar-refractivity contribution is -0.114. The Labute approximate surface area is 130 Å². The van der Waals surface area contributed by atoms with E-state index in [1.54, 1.807) is 19.9 Å². The number of aryl methyl sites for hydroxylation is 1. The van der Waals surface area contributed by atoms with Crippen molar-refractivity contribution in [1.82, 2.24) is 4.31 Å². The summed E-state index contributed by atoms with van der Waals surface area (Å²) in [5.74, 6) is -0.402. The van der Waals surface area contributed by atoms with Gasteiger partial charge < -0.3 is 10.1 Å². The zero-order valence-electron chi connectivity index (χ0n) is 13.0. The first-order chi connectivity index (χ1) is 10.2. The molecule has 0 fully saturated rings. The molecule has 0 radical (unpaired) electrons. The number of nitrogens with one attached hydrogen (secondary N) is 1. The van der Waals surface area contributed by atoms with Gasteiger partial charge in [-0.1, -0.05) is 6.07 Å². The second-order valence-corrected chi connectivity index (χ2v) is 6.38. The third kappa shape index (κ3) is 3.97. The van der Waals surface area contributed by atoms with Gasteiger partial charge >= 0.3 is 6.09 Å². The zero-order valence-corrected chi connectivity index (χ0v) is 13.9. The zero-order chi connectivity index (χ0) is 16.9. The number of benzene rings is 1. The Morgan fingerprint density at radius 2 is 1.91 bits per heavy atom. The van der Waals surface area contributed by atoms with Gasteiger partial charge in [0.15, 0.2) is 0 Å². The van der Waals surface area contributed by atoms with Crippen LogP contribution in [0.4, 0.5) is 10.5 Å². The van der Waals surface area contributed by atoms with Gasteiger partial charge in [-0.15, -0.1) is 0 Å². The maximum Gasteiger partial charge on any atom is 0.423 e. The third-order valence-electron chi connectivity index (χ3n) is 2.77. The van der Waals surface area contributed by atoms with Crippen molar-refractivity contribution in [2.24, 2.45) is 0 Å². The number of sulfonamides is 1. The summed E-state index contributed by atoms with van der Waals surface area (Å²) in [4.78, 5) is 23.0. The summed E-state index contributed by atoms with van der Waals surface area (Å²) in [5.41, 5.74) is 0.914. The predicted molar refractivity (Wildman–Crippen MR) is 82.1 cm³/mol. The number of hydrogen-bond acceptors (Lipinski definition) is 5. The van der Waals surface area contributed by atoms with Crippen LogP contribution in [0.15, 0.2) is 23.1 Å². The molecule has 0 atom stereocenters. The number of nitrogens with zero attached hydrogens (tertiary/aromatic N) is 1. The van der Waals surface area contributed by atoms with Crippen molar-refractivity contribution in [2.45, 2.75) is 32.6 Å². The summed E-state index contributed by atoms with van der Waals surface area (Å²) in [5, 5.41) is 2.47. The van der Waals surface area contributed by atoms with Gasteiger partial charge in [-0.3, -0.25) is 4.79 Å². The lowest BCUT2D eigenvalue weighted by Gasteiger charge is -2.21. The molecule has 0 heterocycles. The summed E-state index contributed by atoms with van der Waals surface area (Å²) < 4.78 is 30.7. The molecular weight excluding hydrogens is 308 g/mol. The summed E-state index contributed by atoms with van der Waals surface area (Å²) in [6, 6.07) is 4.49. The fourth-order valence-corrected chi connectivity index (χ4v) is 3.32. The van der Waals surface area contributed by atoms with E-state index >= 15 is 0 Å². The van der Waals surface area contributed by atoms with Crippen molar-refractivity contribution < 1.29 is 22.7 Å². The molecule has 1 aromatic rings. The molecule has 0 aliphatic rings. The number of hydrogen-bond donors (Lipinski definition) is 1. The minimum Gasteiger partial charge on any atom is -0.449 e. The molecule has 8 heteroatoms. The molecule has 122 valence electrons. The Hall–Kier alpha value is -2.09. The number of amides is 2. The number of carbonyl (C=O) groups is 2. The monoisotopic (exact) mass is 328 g/mol. The van der Waals surface area contributed by atoms with Crippen LogP contribution in [-0.4, -0.2) is 37.9 Å². The fourth-order valence-electron chi connectivity index (χ4n) is 1.87. The van der Waals surface area contributed by atoms with Crippen LogP contribution < -0.4 is 5.32 Å². The van der Waals surface area contributed by atoms with Crippen molar-refractivity contribution in [1.29, 1.82) is 0 Å². The maximum atomic E-state index is 12.7. The SMILES string of the molecule is CCOC(=O)N(CC)S(=O)(=O)c1ccc(C)cc1NC(C)=O. The van der Waals surface area contributed by atoms with Gasteiger partial charge in [0.2, 0.25) is 5.91 Å². The van der Waals surface area contributed by atoms with Crippen LogP contribution in [-0.2, 0) is 19.6 Å². The van der Waals surface area contributed by atoms with Crippen LogP contribution in [0.3, 0.4) is 0 Å². The maximum absolute atomic E-state index is 12.7. The first kappa shape index (κ1) is 18.0. The summed E-state index contributed by atoms with van der Waals surface area (Å²) in [6.07, 6.45) is -0.945. The molecule has 0 aromatic heterocycles. The Balaban J connectivity index is 3.37. The molecule has 0 aliphatic carbocycles. The van der Waals surface area contributed by atoms with E-state index in [1.807, 2.05) is 0 Å². The standard InChI is InChI=1S/C14H20N2O5S/c1-5-16(14(18)21-6-2)22(19,20)13-8-7-10(3)9-12(13)15-11(4)17/h7-9H,5-6H2,1-4H3,(H,15,17). The van der Waals surface area contributed by atoms with Crippen LogP contribution in [0.5, 0.6) is 0 Å². The fraction of sp³-hybridized carbons (Fsp3) is 0.429. The van der Waals surface area contributed by atoms with Gasteiger partial charge in [-0.25, -0.2) is 17.5 Å². The average molecular weight is 328 g/mol. The number of anilines is 1. The van der Waals surface area contributed by atoms with Gasteiger partial charge in [0.05, 0.1) is 12.3 Å². The van der Waals surface area contributed by atoms with Crippen LogP contribution in [0.2, 0.25) is 0 Å². The van der Waals surface area contributed by atoms with Gasteiger partial charge in [-0.05, 0) is 38.5 Å². The highest BCUT2D eigenvalue weighted by molar-refractivity contribution is 7.89. The Morgan fingerprint density at radius 1 is 1.27 bits per heavy atom. The summed E-state index contributed by atoms with van der Waals surface area (Å²) in [6.45, 7) is 6.16. The van der Waals surface area contributed by atoms with Crippen LogP contribution >= 0.6 is 0 Å². The van der Waals surface area contributed by atoms with Crippen LogP contribution in [0.25, 0.3) is 0 Å². The molecule has 7 nitrogen and oxygen atoms in total. The number of ether oxygens (including phenoxy) is 1. The molecule has 0 unspecified atom stereocenters. The smallest absolute Gasteiger partial charge is 0.423 e. The second-order valence-electron chi connectivity index (χ2n) is 4.55. The van der Waals surface area contributed by atoms with E-state index in [-0.39, 0.29) is 23.7 Å². The lowest BCUT2D eigenvalue weighted by Crippen LogP contribution is -2.37. The Bertz CT molecular complexity index is 670. The summed E-state index contributed by atoms with van der Waals surface area (Å²) in [7, 11) is -4.12. The van der Waals surface area contributed by atoms with E-state index in [9.17, 15) is 18.0 Å². The molecule has 0 saturated heterocycles. The molecule has 0 aliphatic heterocycles. The van der Waals surface area contributed by atoms with Gasteiger partial charge in [0.1, 0.15) is 4.90 Å². The highest BCUT2D eigenvalue weighted by Crippen LogP contribution is 2.26. The van der Waals surface area contributed by atoms with Crippen LogP contribution in [0, 0.1) is 6.92 Å². The minimum absolute atomic E-state index is 0.0668. The molecule has 1 N–H and O–H groups in total. The predicted octanol–water partition coefficient (Wildman–Crippen LogP) is 2.12.